The van der Waals surface area contributed by atoms with E-state index in [9.17, 15) is 14.0 Å². The van der Waals surface area contributed by atoms with Gasteiger partial charge in [0, 0.05) is 43.6 Å². The molecule has 2 saturated heterocycles. The number of nitrogens with one attached hydrogen (secondary N) is 1. The average molecular weight is 373 g/mol. The first kappa shape index (κ1) is 17.8. The second-order valence-electron chi connectivity index (χ2n) is 7.51. The highest BCUT2D eigenvalue weighted by Gasteiger charge is 2.46. The molecule has 1 spiro atoms. The summed E-state index contributed by atoms with van der Waals surface area (Å²) >= 11 is 0. The highest BCUT2D eigenvalue weighted by molar-refractivity contribution is 5.90. The van der Waals surface area contributed by atoms with Gasteiger partial charge in [0.25, 0.3) is 0 Å². The van der Waals surface area contributed by atoms with E-state index in [-0.39, 0.29) is 24.2 Å². The minimum Gasteiger partial charge on any atom is -0.441 e. The Balaban J connectivity index is 1.45. The van der Waals surface area contributed by atoms with E-state index in [0.29, 0.717) is 44.5 Å². The number of benzene rings is 1. The number of piperidine rings is 1. The van der Waals surface area contributed by atoms with Crippen molar-refractivity contribution in [3.05, 3.63) is 35.3 Å². The van der Waals surface area contributed by atoms with Crippen LogP contribution in [0.5, 0.6) is 0 Å². The van der Waals surface area contributed by atoms with Crippen LogP contribution in [-0.4, -0.2) is 58.6 Å². The standard InChI is InChI=1S/C20H24FN3O3/c1-3-23-12-20(27-19(23)26)7-9-24(10-8-20)17(25)11-15-13(2)22-18-14(15)5-4-6-16(18)21/h4-6,22H,3,7-12H2,1-2H3. The molecule has 27 heavy (non-hydrogen) atoms. The summed E-state index contributed by atoms with van der Waals surface area (Å²) in [6.07, 6.45) is 1.29. The summed E-state index contributed by atoms with van der Waals surface area (Å²) in [5.41, 5.74) is 1.66. The first-order valence-corrected chi connectivity index (χ1v) is 9.44. The number of aromatic amines is 1. The van der Waals surface area contributed by atoms with Crippen LogP contribution >= 0.6 is 0 Å². The van der Waals surface area contributed by atoms with Gasteiger partial charge in [-0.15, -0.1) is 0 Å². The molecule has 144 valence electrons. The molecule has 4 rings (SSSR count). The topological polar surface area (TPSA) is 65.6 Å². The maximum atomic E-state index is 14.0. The summed E-state index contributed by atoms with van der Waals surface area (Å²) in [7, 11) is 0. The Labute approximate surface area is 157 Å². The fourth-order valence-electron chi connectivity index (χ4n) is 4.22. The van der Waals surface area contributed by atoms with Crippen LogP contribution in [0.25, 0.3) is 10.9 Å². The fourth-order valence-corrected chi connectivity index (χ4v) is 4.22. The molecule has 0 bridgehead atoms. The molecule has 0 radical (unpaired) electrons. The number of likely N-dealkylation sites (tertiary alicyclic amines) is 1. The quantitative estimate of drug-likeness (QED) is 0.900. The van der Waals surface area contributed by atoms with E-state index in [0.717, 1.165) is 16.6 Å². The number of halogens is 1. The Bertz CT molecular complexity index is 899. The molecule has 2 aliphatic rings. The van der Waals surface area contributed by atoms with Gasteiger partial charge in [-0.25, -0.2) is 9.18 Å². The van der Waals surface area contributed by atoms with Crippen LogP contribution in [0.4, 0.5) is 9.18 Å². The number of aromatic nitrogens is 1. The molecule has 2 amide bonds. The average Bonchev–Trinajstić information content (AvgIpc) is 3.13. The molecule has 0 saturated carbocycles. The zero-order valence-corrected chi connectivity index (χ0v) is 15.7. The van der Waals surface area contributed by atoms with Crippen molar-refractivity contribution >= 4 is 22.9 Å². The van der Waals surface area contributed by atoms with E-state index < -0.39 is 5.60 Å². The van der Waals surface area contributed by atoms with Crippen LogP contribution < -0.4 is 0 Å². The van der Waals surface area contributed by atoms with Crippen LogP contribution in [-0.2, 0) is 16.0 Å². The van der Waals surface area contributed by atoms with E-state index in [4.69, 9.17) is 4.74 Å². The predicted octanol–water partition coefficient (Wildman–Crippen LogP) is 2.99. The molecule has 2 fully saturated rings. The lowest BCUT2D eigenvalue weighted by Gasteiger charge is -2.37. The highest BCUT2D eigenvalue weighted by Crippen LogP contribution is 2.33. The van der Waals surface area contributed by atoms with Crippen molar-refractivity contribution in [1.82, 2.24) is 14.8 Å². The molecule has 1 aromatic heterocycles. The van der Waals surface area contributed by atoms with Crippen LogP contribution in [0, 0.1) is 12.7 Å². The molecule has 0 aliphatic carbocycles. The molecule has 3 heterocycles. The van der Waals surface area contributed by atoms with Gasteiger partial charge in [-0.3, -0.25) is 4.79 Å². The largest absolute Gasteiger partial charge is 0.441 e. The van der Waals surface area contributed by atoms with Crippen molar-refractivity contribution in [3.63, 3.8) is 0 Å². The van der Waals surface area contributed by atoms with Gasteiger partial charge in [0.1, 0.15) is 11.4 Å². The van der Waals surface area contributed by atoms with Crippen molar-refractivity contribution in [2.45, 2.75) is 38.7 Å². The van der Waals surface area contributed by atoms with E-state index in [1.807, 2.05) is 24.8 Å². The molecule has 2 aliphatic heterocycles. The third-order valence-electron chi connectivity index (χ3n) is 5.88. The van der Waals surface area contributed by atoms with Gasteiger partial charge in [-0.05, 0) is 25.5 Å². The number of hydrogen-bond acceptors (Lipinski definition) is 3. The number of rotatable bonds is 3. The van der Waals surface area contributed by atoms with Crippen molar-refractivity contribution in [2.24, 2.45) is 0 Å². The van der Waals surface area contributed by atoms with Crippen LogP contribution in [0.3, 0.4) is 0 Å². The minimum absolute atomic E-state index is 0.0229. The Hall–Kier alpha value is -2.57. The molecule has 2 aromatic rings. The number of likely N-dealkylation sites (N-methyl/N-ethyl adjacent to an activating group) is 1. The minimum atomic E-state index is -0.455. The number of carbonyl (C=O) groups is 2. The second-order valence-corrected chi connectivity index (χ2v) is 7.51. The maximum absolute atomic E-state index is 14.0. The third kappa shape index (κ3) is 3.05. The normalized spacial score (nSPS) is 19.1. The summed E-state index contributed by atoms with van der Waals surface area (Å²) in [6.45, 7) is 6.18. The molecule has 0 atom stereocenters. The van der Waals surface area contributed by atoms with E-state index in [1.54, 1.807) is 11.0 Å². The number of nitrogens with zero attached hydrogens (tertiary/aromatic N) is 2. The maximum Gasteiger partial charge on any atom is 0.410 e. The smallest absolute Gasteiger partial charge is 0.410 e. The van der Waals surface area contributed by atoms with Gasteiger partial charge in [0.05, 0.1) is 18.5 Å². The SMILES string of the molecule is CCN1CC2(CCN(C(=O)Cc3c(C)[nH]c4c(F)cccc34)CC2)OC1=O. The molecular weight excluding hydrogens is 349 g/mol. The van der Waals surface area contributed by atoms with Crippen molar-refractivity contribution in [1.29, 1.82) is 0 Å². The van der Waals surface area contributed by atoms with Crippen LogP contribution in [0.2, 0.25) is 0 Å². The Morgan fingerprint density at radius 2 is 2.07 bits per heavy atom. The van der Waals surface area contributed by atoms with Crippen molar-refractivity contribution < 1.29 is 18.7 Å². The van der Waals surface area contributed by atoms with Gasteiger partial charge in [-0.2, -0.15) is 0 Å². The number of para-hydroxylation sites is 1. The van der Waals surface area contributed by atoms with Crippen LogP contribution in [0.1, 0.15) is 31.0 Å². The number of H-pyrrole nitrogens is 1. The highest BCUT2D eigenvalue weighted by atomic mass is 19.1. The number of carbonyl (C=O) groups excluding carboxylic acids is 2. The summed E-state index contributed by atoms with van der Waals surface area (Å²) < 4.78 is 19.6. The first-order valence-electron chi connectivity index (χ1n) is 9.44. The molecule has 0 unspecified atom stereocenters. The number of fused-ring (bicyclic) bond motifs is 1. The van der Waals surface area contributed by atoms with Gasteiger partial charge < -0.3 is 19.5 Å². The molecule has 1 aromatic carbocycles. The monoisotopic (exact) mass is 373 g/mol. The summed E-state index contributed by atoms with van der Waals surface area (Å²) in [5.74, 6) is -0.285. The van der Waals surface area contributed by atoms with Gasteiger partial charge in [0.2, 0.25) is 5.91 Å². The fraction of sp³-hybridized carbons (Fsp3) is 0.500. The van der Waals surface area contributed by atoms with Gasteiger partial charge in [0.15, 0.2) is 0 Å². The van der Waals surface area contributed by atoms with Crippen molar-refractivity contribution in [2.75, 3.05) is 26.2 Å². The first-order chi connectivity index (χ1) is 12.9. The van der Waals surface area contributed by atoms with E-state index in [2.05, 4.69) is 4.98 Å². The number of ether oxygens (including phenoxy) is 1. The lowest BCUT2D eigenvalue weighted by Crippen LogP contribution is -2.49. The Morgan fingerprint density at radius 3 is 2.74 bits per heavy atom. The van der Waals surface area contributed by atoms with Gasteiger partial charge in [-0.1, -0.05) is 12.1 Å². The third-order valence-corrected chi connectivity index (χ3v) is 5.88. The second kappa shape index (κ2) is 6.55. The van der Waals surface area contributed by atoms with Crippen molar-refractivity contribution in [3.8, 4) is 0 Å². The number of aryl methyl sites for hydroxylation is 1. The lowest BCUT2D eigenvalue weighted by molar-refractivity contribution is -0.133. The van der Waals surface area contributed by atoms with E-state index >= 15 is 0 Å². The molecular formula is C20H24FN3O3. The summed E-state index contributed by atoms with van der Waals surface area (Å²) in [6, 6.07) is 4.92. The molecule has 7 heteroatoms. The van der Waals surface area contributed by atoms with Gasteiger partial charge >= 0.3 is 6.09 Å². The Kier molecular flexibility index (Phi) is 4.32. The number of amides is 2. The zero-order valence-electron chi connectivity index (χ0n) is 15.7. The summed E-state index contributed by atoms with van der Waals surface area (Å²) in [4.78, 5) is 31.3. The number of hydrogen-bond donors (Lipinski definition) is 1. The summed E-state index contributed by atoms with van der Waals surface area (Å²) in [5, 5.41) is 0.762. The predicted molar refractivity (Wildman–Crippen MR) is 99.0 cm³/mol. The van der Waals surface area contributed by atoms with E-state index in [1.165, 1.54) is 6.07 Å². The molecule has 1 N–H and O–H groups in total. The zero-order chi connectivity index (χ0) is 19.2. The Morgan fingerprint density at radius 1 is 1.33 bits per heavy atom. The van der Waals surface area contributed by atoms with Crippen LogP contribution in [0.15, 0.2) is 18.2 Å². The molecule has 6 nitrogen and oxygen atoms in total. The lowest BCUT2D eigenvalue weighted by atomic mass is 9.91.